The van der Waals surface area contributed by atoms with Gasteiger partial charge in [-0.3, -0.25) is 4.90 Å². The smallest absolute Gasteiger partial charge is 0.135 e. The number of nitrogens with zero attached hydrogens (tertiary/aromatic N) is 2. The first-order valence-corrected chi connectivity index (χ1v) is 11.4. The summed E-state index contributed by atoms with van der Waals surface area (Å²) in [5.41, 5.74) is 14.4. The number of hydrogen-bond acceptors (Lipinski definition) is 6. The van der Waals surface area contributed by atoms with Gasteiger partial charge in [-0.25, -0.2) is 0 Å². The third-order valence-corrected chi connectivity index (χ3v) is 7.76. The summed E-state index contributed by atoms with van der Waals surface area (Å²) in [5, 5.41) is 18.7. The zero-order chi connectivity index (χ0) is 21.6. The molecule has 0 bridgehead atoms. The van der Waals surface area contributed by atoms with Crippen LogP contribution >= 0.6 is 11.6 Å². The average Bonchev–Trinajstić information content (AvgIpc) is 3.41. The second kappa shape index (κ2) is 7.78. The Bertz CT molecular complexity index is 991. The molecule has 0 radical (unpaired) electrons. The molecule has 1 aliphatic carbocycles. The van der Waals surface area contributed by atoms with Crippen LogP contribution in [-0.4, -0.2) is 47.6 Å². The molecule has 164 valence electrons. The van der Waals surface area contributed by atoms with Crippen molar-refractivity contribution in [2.75, 3.05) is 26.2 Å². The number of dihydropyridines is 1. The van der Waals surface area contributed by atoms with Crippen molar-refractivity contribution in [2.24, 2.45) is 16.3 Å². The van der Waals surface area contributed by atoms with Crippen molar-refractivity contribution >= 4 is 17.3 Å². The first kappa shape index (κ1) is 20.8. The monoisotopic (exact) mass is 439 g/mol. The molecule has 1 unspecified atom stereocenters. The SMILES string of the molecule is C=C(C1=C[C@@](CO)(N2CCC3(CC2)Cc2ccccc2C3N)NC(Cl)=C1)C1=NNCC1. The molecule has 1 aromatic carbocycles. The second-order valence-electron chi connectivity index (χ2n) is 9.20. The predicted octanol–water partition coefficient (Wildman–Crippen LogP) is 2.53. The summed E-state index contributed by atoms with van der Waals surface area (Å²) in [6.07, 6.45) is 7.76. The first-order chi connectivity index (χ1) is 15.0. The lowest BCUT2D eigenvalue weighted by Gasteiger charge is -2.50. The maximum absolute atomic E-state index is 10.5. The van der Waals surface area contributed by atoms with Gasteiger partial charge in [0.25, 0.3) is 0 Å². The van der Waals surface area contributed by atoms with Gasteiger partial charge in [0.2, 0.25) is 0 Å². The number of piperidine rings is 1. The Hall–Kier alpha value is -2.12. The highest BCUT2D eigenvalue weighted by molar-refractivity contribution is 6.29. The molecule has 1 spiro atoms. The van der Waals surface area contributed by atoms with E-state index in [2.05, 4.69) is 57.7 Å². The molecule has 0 aromatic heterocycles. The van der Waals surface area contributed by atoms with Crippen LogP contribution in [0, 0.1) is 5.41 Å². The van der Waals surface area contributed by atoms with E-state index < -0.39 is 5.66 Å². The number of nitrogens with two attached hydrogens (primary N) is 1. The Morgan fingerprint density at radius 1 is 1.32 bits per heavy atom. The molecular weight excluding hydrogens is 410 g/mol. The van der Waals surface area contributed by atoms with Crippen LogP contribution in [0.3, 0.4) is 0 Å². The van der Waals surface area contributed by atoms with Gasteiger partial charge in [0.1, 0.15) is 10.8 Å². The zero-order valence-electron chi connectivity index (χ0n) is 17.7. The molecule has 7 heteroatoms. The van der Waals surface area contributed by atoms with Crippen molar-refractivity contribution < 1.29 is 5.11 Å². The molecule has 31 heavy (non-hydrogen) atoms. The molecule has 3 heterocycles. The van der Waals surface area contributed by atoms with E-state index in [-0.39, 0.29) is 18.1 Å². The number of fused-ring (bicyclic) bond motifs is 1. The van der Waals surface area contributed by atoms with Crippen LogP contribution in [0.5, 0.6) is 0 Å². The molecule has 6 nitrogen and oxygen atoms in total. The summed E-state index contributed by atoms with van der Waals surface area (Å²) in [7, 11) is 0. The molecule has 0 saturated carbocycles. The van der Waals surface area contributed by atoms with Crippen molar-refractivity contribution in [1.29, 1.82) is 0 Å². The zero-order valence-corrected chi connectivity index (χ0v) is 18.5. The van der Waals surface area contributed by atoms with E-state index in [0.29, 0.717) is 5.16 Å². The van der Waals surface area contributed by atoms with Gasteiger partial charge >= 0.3 is 0 Å². The fraction of sp³-hybridized carbons (Fsp3) is 0.458. The fourth-order valence-corrected chi connectivity index (χ4v) is 5.95. The summed E-state index contributed by atoms with van der Waals surface area (Å²) in [6, 6.07) is 8.63. The molecule has 1 fully saturated rings. The van der Waals surface area contributed by atoms with Gasteiger partial charge in [-0.05, 0) is 59.1 Å². The first-order valence-electron chi connectivity index (χ1n) is 11.0. The Morgan fingerprint density at radius 3 is 2.77 bits per heavy atom. The van der Waals surface area contributed by atoms with Gasteiger partial charge in [0, 0.05) is 32.1 Å². The predicted molar refractivity (Wildman–Crippen MR) is 124 cm³/mol. The minimum absolute atomic E-state index is 0.0671. The highest BCUT2D eigenvalue weighted by Crippen LogP contribution is 2.51. The van der Waals surface area contributed by atoms with Crippen LogP contribution in [0.2, 0.25) is 0 Å². The van der Waals surface area contributed by atoms with Crippen LogP contribution < -0.4 is 16.5 Å². The van der Waals surface area contributed by atoms with E-state index in [4.69, 9.17) is 17.3 Å². The average molecular weight is 440 g/mol. The number of likely N-dealkylation sites (tertiary alicyclic amines) is 1. The molecule has 0 amide bonds. The number of benzene rings is 1. The lowest BCUT2D eigenvalue weighted by atomic mass is 9.72. The Balaban J connectivity index is 1.37. The number of nitrogens with one attached hydrogen (secondary N) is 2. The lowest BCUT2D eigenvalue weighted by molar-refractivity contribution is -0.00763. The van der Waals surface area contributed by atoms with Crippen LogP contribution in [0.25, 0.3) is 0 Å². The number of aliphatic hydroxyl groups excluding tert-OH is 1. The minimum atomic E-state index is -0.756. The number of halogens is 1. The quantitative estimate of drug-likeness (QED) is 0.542. The highest BCUT2D eigenvalue weighted by Gasteiger charge is 2.49. The number of aliphatic hydroxyl groups is 1. The molecule has 2 atom stereocenters. The fourth-order valence-electron chi connectivity index (χ4n) is 5.67. The third-order valence-electron chi connectivity index (χ3n) is 7.55. The summed E-state index contributed by atoms with van der Waals surface area (Å²) >= 11 is 6.50. The van der Waals surface area contributed by atoms with Crippen LogP contribution in [0.15, 0.2) is 64.4 Å². The molecule has 3 aliphatic heterocycles. The maximum atomic E-state index is 10.5. The van der Waals surface area contributed by atoms with Gasteiger partial charge in [-0.15, -0.1) is 0 Å². The summed E-state index contributed by atoms with van der Waals surface area (Å²) in [5.74, 6) is 0. The normalized spacial score (nSPS) is 29.5. The van der Waals surface area contributed by atoms with Crippen LogP contribution in [0.1, 0.15) is 36.4 Å². The minimum Gasteiger partial charge on any atom is -0.392 e. The molecule has 1 saturated heterocycles. The second-order valence-corrected chi connectivity index (χ2v) is 9.60. The van der Waals surface area contributed by atoms with Crippen molar-refractivity contribution in [3.8, 4) is 0 Å². The summed E-state index contributed by atoms with van der Waals surface area (Å²) < 4.78 is 0. The van der Waals surface area contributed by atoms with E-state index in [1.807, 2.05) is 6.08 Å². The van der Waals surface area contributed by atoms with E-state index in [1.165, 1.54) is 11.1 Å². The van der Waals surface area contributed by atoms with E-state index >= 15 is 0 Å². The Kier molecular flexibility index (Phi) is 5.21. The van der Waals surface area contributed by atoms with E-state index in [9.17, 15) is 5.11 Å². The topological polar surface area (TPSA) is 85.9 Å². The number of rotatable bonds is 4. The van der Waals surface area contributed by atoms with E-state index in [0.717, 1.165) is 62.2 Å². The van der Waals surface area contributed by atoms with Gasteiger partial charge in [-0.2, -0.15) is 5.10 Å². The summed E-state index contributed by atoms with van der Waals surface area (Å²) in [6.45, 7) is 6.64. The van der Waals surface area contributed by atoms with Crippen molar-refractivity contribution in [3.05, 3.63) is 70.4 Å². The lowest BCUT2D eigenvalue weighted by Crippen LogP contribution is -2.63. The van der Waals surface area contributed by atoms with E-state index in [1.54, 1.807) is 0 Å². The molecule has 5 rings (SSSR count). The summed E-state index contributed by atoms with van der Waals surface area (Å²) in [4.78, 5) is 2.30. The van der Waals surface area contributed by atoms with Gasteiger partial charge in [0.15, 0.2) is 0 Å². The Labute approximate surface area is 188 Å². The standard InChI is InChI=1S/C24H30ClN5O/c1-16(20-6-9-27-29-20)18-12-21(25)28-24(14-18,15-31)30-10-7-23(8-11-30)13-17-4-2-3-5-19(17)22(23)26/h2-5,12,14,22,27-28,31H,1,6-11,13,15,26H2/t22?,24-/m0/s1. The van der Waals surface area contributed by atoms with Crippen LogP contribution in [0.4, 0.5) is 0 Å². The molecular formula is C24H30ClN5O. The van der Waals surface area contributed by atoms with Gasteiger partial charge in [-0.1, -0.05) is 42.4 Å². The third kappa shape index (κ3) is 3.42. The highest BCUT2D eigenvalue weighted by atomic mass is 35.5. The maximum Gasteiger partial charge on any atom is 0.135 e. The Morgan fingerprint density at radius 2 is 2.10 bits per heavy atom. The largest absolute Gasteiger partial charge is 0.392 e. The van der Waals surface area contributed by atoms with Crippen molar-refractivity contribution in [1.82, 2.24) is 15.6 Å². The van der Waals surface area contributed by atoms with Gasteiger partial charge < -0.3 is 21.6 Å². The molecule has 5 N–H and O–H groups in total. The molecule has 1 aromatic rings. The number of hydrogen-bond donors (Lipinski definition) is 4. The van der Waals surface area contributed by atoms with Crippen LogP contribution in [-0.2, 0) is 6.42 Å². The number of hydrazone groups is 1. The molecule has 4 aliphatic rings. The van der Waals surface area contributed by atoms with Gasteiger partial charge in [0.05, 0.1) is 12.3 Å². The number of allylic oxidation sites excluding steroid dienone is 3. The van der Waals surface area contributed by atoms with Crippen molar-refractivity contribution in [3.63, 3.8) is 0 Å². The van der Waals surface area contributed by atoms with Crippen molar-refractivity contribution in [2.45, 2.75) is 37.4 Å².